The van der Waals surface area contributed by atoms with Crippen LogP contribution in [0.3, 0.4) is 0 Å². The summed E-state index contributed by atoms with van der Waals surface area (Å²) in [5.41, 5.74) is 4.54. The number of anilines is 2. The van der Waals surface area contributed by atoms with Crippen LogP contribution < -0.4 is 19.3 Å². The molecule has 2 atom stereocenters. The molecular weight excluding hydrogens is 588 g/mol. The van der Waals surface area contributed by atoms with Gasteiger partial charge in [-0.15, -0.1) is 0 Å². The zero-order valence-electron chi connectivity index (χ0n) is 26.7. The molecule has 0 spiro atoms. The first-order chi connectivity index (χ1) is 22.1. The number of piperazine rings is 1. The zero-order valence-corrected chi connectivity index (χ0v) is 26.7. The highest BCUT2D eigenvalue weighted by molar-refractivity contribution is 6.14. The van der Waals surface area contributed by atoms with Crippen LogP contribution in [-0.2, 0) is 27.9 Å². The molecule has 7 rings (SSSR count). The maximum absolute atomic E-state index is 14.2. The first-order valence-corrected chi connectivity index (χ1v) is 15.5. The molecule has 3 aliphatic heterocycles. The third-order valence-corrected chi connectivity index (χ3v) is 8.52. The van der Waals surface area contributed by atoms with Crippen molar-refractivity contribution in [2.75, 3.05) is 49.8 Å². The lowest BCUT2D eigenvalue weighted by molar-refractivity contribution is -0.121. The van der Waals surface area contributed by atoms with Gasteiger partial charge >= 0.3 is 6.09 Å². The van der Waals surface area contributed by atoms with E-state index >= 15 is 0 Å². The molecule has 0 radical (unpaired) electrons. The van der Waals surface area contributed by atoms with Gasteiger partial charge in [0.2, 0.25) is 5.88 Å². The van der Waals surface area contributed by atoms with Gasteiger partial charge in [0.15, 0.2) is 0 Å². The van der Waals surface area contributed by atoms with Crippen LogP contribution in [0.2, 0.25) is 0 Å². The molecule has 4 aromatic rings. The second kappa shape index (κ2) is 11.5. The maximum atomic E-state index is 14.2. The van der Waals surface area contributed by atoms with E-state index in [1.165, 1.54) is 0 Å². The normalized spacial score (nSPS) is 19.1. The van der Waals surface area contributed by atoms with Gasteiger partial charge in [-0.2, -0.15) is 5.10 Å². The topological polar surface area (TPSA) is 111 Å². The van der Waals surface area contributed by atoms with Gasteiger partial charge in [-0.05, 0) is 50.1 Å². The molecule has 0 N–H and O–H groups in total. The van der Waals surface area contributed by atoms with Gasteiger partial charge in [-0.3, -0.25) is 9.48 Å². The number of benzene rings is 2. The van der Waals surface area contributed by atoms with Crippen LogP contribution >= 0.6 is 0 Å². The monoisotopic (exact) mass is 626 g/mol. The molecule has 12 nitrogen and oxygen atoms in total. The van der Waals surface area contributed by atoms with Crippen LogP contribution in [0.1, 0.15) is 26.3 Å². The molecule has 1 saturated heterocycles. The van der Waals surface area contributed by atoms with Crippen molar-refractivity contribution in [1.82, 2.24) is 19.7 Å². The Labute approximate surface area is 267 Å². The molecule has 0 saturated carbocycles. The lowest BCUT2D eigenvalue weighted by Crippen LogP contribution is -2.69. The quantitative estimate of drug-likeness (QED) is 0.308. The highest BCUT2D eigenvalue weighted by Crippen LogP contribution is 2.50. The van der Waals surface area contributed by atoms with Crippen LogP contribution in [0, 0.1) is 0 Å². The number of hydrogen-bond donors (Lipinski definition) is 0. The van der Waals surface area contributed by atoms with Gasteiger partial charge in [0.05, 0.1) is 56.9 Å². The van der Waals surface area contributed by atoms with Crippen LogP contribution in [0.5, 0.6) is 11.6 Å². The third kappa shape index (κ3) is 5.46. The van der Waals surface area contributed by atoms with Crippen molar-refractivity contribution >= 4 is 34.3 Å². The Balaban J connectivity index is 1.30. The van der Waals surface area contributed by atoms with Crippen molar-refractivity contribution in [2.24, 2.45) is 7.05 Å². The smallest absolute Gasteiger partial charge is 0.410 e. The predicted octanol–water partition coefficient (Wildman–Crippen LogP) is 4.39. The Morgan fingerprint density at radius 1 is 1.07 bits per heavy atom. The molecule has 2 amide bonds. The summed E-state index contributed by atoms with van der Waals surface area (Å²) in [4.78, 5) is 38.1. The number of carbonyl (C=O) groups excluding carboxylic acids is 2. The largest absolute Gasteiger partial charge is 0.497 e. The van der Waals surface area contributed by atoms with Crippen molar-refractivity contribution in [2.45, 2.75) is 45.1 Å². The van der Waals surface area contributed by atoms with Gasteiger partial charge in [0, 0.05) is 30.7 Å². The van der Waals surface area contributed by atoms with E-state index in [2.05, 4.69) is 22.1 Å². The predicted molar refractivity (Wildman–Crippen MR) is 172 cm³/mol. The number of aromatic nitrogens is 3. The number of fused-ring (bicyclic) bond motifs is 4. The minimum absolute atomic E-state index is 0.0985. The Morgan fingerprint density at radius 3 is 2.59 bits per heavy atom. The van der Waals surface area contributed by atoms with E-state index in [4.69, 9.17) is 23.9 Å². The number of pyridine rings is 1. The van der Waals surface area contributed by atoms with Crippen LogP contribution in [0.25, 0.3) is 22.0 Å². The van der Waals surface area contributed by atoms with E-state index in [9.17, 15) is 9.59 Å². The van der Waals surface area contributed by atoms with Gasteiger partial charge in [0.25, 0.3) is 5.91 Å². The minimum atomic E-state index is -0.676. The fourth-order valence-electron chi connectivity index (χ4n) is 6.46. The Kier molecular flexibility index (Phi) is 7.47. The number of hydrogen-bond acceptors (Lipinski definition) is 9. The molecule has 1 fully saturated rings. The fourth-order valence-corrected chi connectivity index (χ4v) is 6.46. The van der Waals surface area contributed by atoms with E-state index < -0.39 is 17.7 Å². The fraction of sp³-hybridized carbons (Fsp3) is 0.412. The molecule has 5 heterocycles. The highest BCUT2D eigenvalue weighted by atomic mass is 16.6. The first kappa shape index (κ1) is 29.8. The van der Waals surface area contributed by atoms with Gasteiger partial charge in [0.1, 0.15) is 29.7 Å². The summed E-state index contributed by atoms with van der Waals surface area (Å²) in [5.74, 6) is 1.10. The van der Waals surface area contributed by atoms with Gasteiger partial charge < -0.3 is 33.6 Å². The molecule has 3 aliphatic rings. The zero-order chi connectivity index (χ0) is 32.2. The number of amides is 2. The average molecular weight is 627 g/mol. The number of nitrogens with zero attached hydrogens (tertiary/aromatic N) is 6. The standard InChI is InChI=1S/C34H38N6O6/c1-34(2,3)46-33(42)38-17-24(20-44-19-21-6-9-25(43-5)10-7-21)40-28(18-38)32(41)39-12-13-45-31-30(39)29(40)26-11-8-22(14-27(26)36-31)23-15-35-37(4)16-23/h6-11,14-16,24,28H,12-13,17-20H2,1-5H3. The lowest BCUT2D eigenvalue weighted by atomic mass is 9.95. The molecule has 2 aromatic heterocycles. The molecular formula is C34H38N6O6. The van der Waals surface area contributed by atoms with Crippen LogP contribution in [0.4, 0.5) is 16.2 Å². The molecule has 12 heteroatoms. The number of aryl methyl sites for hydroxylation is 1. The average Bonchev–Trinajstić information content (AvgIpc) is 3.48. The summed E-state index contributed by atoms with van der Waals surface area (Å²) in [6.07, 6.45) is 3.33. The third-order valence-electron chi connectivity index (χ3n) is 8.52. The van der Waals surface area contributed by atoms with Crippen molar-refractivity contribution in [3.05, 3.63) is 60.4 Å². The SMILES string of the molecule is COc1ccc(COCC2CN(C(=O)OC(C)(C)C)CC3C(=O)N4CCOc5nc6cc(-c7cnn(C)c7)ccc6c(c54)N23)cc1. The summed E-state index contributed by atoms with van der Waals surface area (Å²) in [7, 11) is 3.52. The van der Waals surface area contributed by atoms with Crippen LogP contribution in [-0.4, -0.2) is 89.3 Å². The van der Waals surface area contributed by atoms with Gasteiger partial charge in [-0.1, -0.05) is 24.3 Å². The second-order valence-corrected chi connectivity index (χ2v) is 12.9. The van der Waals surface area contributed by atoms with Crippen molar-refractivity contribution < 1.29 is 28.5 Å². The molecule has 46 heavy (non-hydrogen) atoms. The minimum Gasteiger partial charge on any atom is -0.497 e. The number of rotatable bonds is 6. The number of methoxy groups -OCH3 is 1. The molecule has 0 bridgehead atoms. The maximum Gasteiger partial charge on any atom is 0.410 e. The van der Waals surface area contributed by atoms with Gasteiger partial charge in [-0.25, -0.2) is 9.78 Å². The summed E-state index contributed by atoms with van der Waals surface area (Å²) in [6, 6.07) is 12.8. The van der Waals surface area contributed by atoms with E-state index in [1.54, 1.807) is 21.6 Å². The first-order valence-electron chi connectivity index (χ1n) is 15.5. The molecule has 2 unspecified atom stereocenters. The van der Waals surface area contributed by atoms with Crippen molar-refractivity contribution in [1.29, 1.82) is 0 Å². The lowest BCUT2D eigenvalue weighted by Gasteiger charge is -2.52. The molecule has 240 valence electrons. The Morgan fingerprint density at radius 2 is 1.87 bits per heavy atom. The van der Waals surface area contributed by atoms with Crippen molar-refractivity contribution in [3.8, 4) is 22.8 Å². The van der Waals surface area contributed by atoms with Crippen LogP contribution in [0.15, 0.2) is 54.9 Å². The molecule has 2 aromatic carbocycles. The van der Waals surface area contributed by atoms with E-state index in [0.29, 0.717) is 37.9 Å². The summed E-state index contributed by atoms with van der Waals surface area (Å²) in [6.45, 7) is 7.37. The summed E-state index contributed by atoms with van der Waals surface area (Å²) >= 11 is 0. The van der Waals surface area contributed by atoms with E-state index in [0.717, 1.165) is 39.0 Å². The van der Waals surface area contributed by atoms with Crippen molar-refractivity contribution in [3.63, 3.8) is 0 Å². The van der Waals surface area contributed by atoms with E-state index in [1.807, 2.05) is 70.5 Å². The summed E-state index contributed by atoms with van der Waals surface area (Å²) < 4.78 is 25.2. The Hall–Kier alpha value is -4.84. The molecule has 0 aliphatic carbocycles. The second-order valence-electron chi connectivity index (χ2n) is 12.9. The highest BCUT2D eigenvalue weighted by Gasteiger charge is 2.50. The summed E-state index contributed by atoms with van der Waals surface area (Å²) in [5, 5.41) is 5.22. The Bertz CT molecular complexity index is 1800. The number of ether oxygens (including phenoxy) is 4. The number of carbonyl (C=O) groups is 2. The van der Waals surface area contributed by atoms with E-state index in [-0.39, 0.29) is 25.1 Å².